The molecule has 3 aromatic rings. The number of ether oxygens (including phenoxy) is 1. The van der Waals surface area contributed by atoms with E-state index in [1.54, 1.807) is 29.7 Å². The molecule has 0 atom stereocenters. The van der Waals surface area contributed by atoms with E-state index in [1.165, 1.54) is 11.3 Å². The number of hydrogen-bond acceptors (Lipinski definition) is 5. The standard InChI is InChI=1S/C18H14Cl2N2O3S/c1-9-14-16(21-13-6-3-7-22(13)17(14)23)26-15(9)18(24)25-8-10-11(19)4-2-5-12(10)20/h2,4-5H,3,6-8H2,1H3. The van der Waals surface area contributed by atoms with Gasteiger partial charge in [-0.2, -0.15) is 0 Å². The molecule has 0 N–H and O–H groups in total. The number of thiophene rings is 1. The van der Waals surface area contributed by atoms with E-state index in [9.17, 15) is 9.59 Å². The first-order chi connectivity index (χ1) is 12.5. The van der Waals surface area contributed by atoms with E-state index < -0.39 is 5.97 Å². The topological polar surface area (TPSA) is 61.2 Å². The van der Waals surface area contributed by atoms with Gasteiger partial charge in [0.05, 0.1) is 5.39 Å². The molecule has 0 fully saturated rings. The van der Waals surface area contributed by atoms with Gasteiger partial charge in [0.25, 0.3) is 5.56 Å². The lowest BCUT2D eigenvalue weighted by Gasteiger charge is -2.08. The van der Waals surface area contributed by atoms with Gasteiger partial charge in [-0.25, -0.2) is 9.78 Å². The van der Waals surface area contributed by atoms with E-state index in [0.717, 1.165) is 18.7 Å². The highest BCUT2D eigenvalue weighted by Crippen LogP contribution is 2.30. The molecule has 0 saturated carbocycles. The Labute approximate surface area is 163 Å². The van der Waals surface area contributed by atoms with Gasteiger partial charge in [0.15, 0.2) is 0 Å². The molecule has 2 aromatic heterocycles. The fourth-order valence-corrected chi connectivity index (χ4v) is 4.73. The molecule has 0 spiro atoms. The van der Waals surface area contributed by atoms with E-state index in [2.05, 4.69) is 4.98 Å². The zero-order valence-corrected chi connectivity index (χ0v) is 16.2. The van der Waals surface area contributed by atoms with Gasteiger partial charge in [-0.15, -0.1) is 11.3 Å². The van der Waals surface area contributed by atoms with Gasteiger partial charge in [0, 0.05) is 28.6 Å². The van der Waals surface area contributed by atoms with E-state index in [-0.39, 0.29) is 12.2 Å². The van der Waals surface area contributed by atoms with Crippen LogP contribution in [0.1, 0.15) is 33.0 Å². The monoisotopic (exact) mass is 408 g/mol. The molecule has 0 bridgehead atoms. The molecule has 26 heavy (non-hydrogen) atoms. The Bertz CT molecular complexity index is 1080. The van der Waals surface area contributed by atoms with Crippen LogP contribution in [0.25, 0.3) is 10.2 Å². The third-order valence-electron chi connectivity index (χ3n) is 4.51. The van der Waals surface area contributed by atoms with Crippen LogP contribution in [0.15, 0.2) is 23.0 Å². The minimum Gasteiger partial charge on any atom is -0.457 e. The van der Waals surface area contributed by atoms with Crippen molar-refractivity contribution in [3.8, 4) is 0 Å². The van der Waals surface area contributed by atoms with Gasteiger partial charge in [-0.05, 0) is 31.0 Å². The smallest absolute Gasteiger partial charge is 0.349 e. The second-order valence-electron chi connectivity index (χ2n) is 6.10. The molecule has 0 radical (unpaired) electrons. The van der Waals surface area contributed by atoms with Crippen LogP contribution >= 0.6 is 34.5 Å². The highest BCUT2D eigenvalue weighted by atomic mass is 35.5. The molecule has 0 saturated heterocycles. The maximum Gasteiger partial charge on any atom is 0.349 e. The van der Waals surface area contributed by atoms with Crippen LogP contribution in [0.4, 0.5) is 0 Å². The average molecular weight is 409 g/mol. The number of aromatic nitrogens is 2. The molecule has 0 amide bonds. The number of rotatable bonds is 3. The number of hydrogen-bond donors (Lipinski definition) is 0. The lowest BCUT2D eigenvalue weighted by atomic mass is 10.2. The Morgan fingerprint density at radius 3 is 2.81 bits per heavy atom. The summed E-state index contributed by atoms with van der Waals surface area (Å²) in [6.45, 7) is 2.40. The highest BCUT2D eigenvalue weighted by molar-refractivity contribution is 7.20. The Hall–Kier alpha value is -1.89. The molecule has 0 aliphatic carbocycles. The largest absolute Gasteiger partial charge is 0.457 e. The molecular weight excluding hydrogens is 395 g/mol. The number of aryl methyl sites for hydroxylation is 2. The summed E-state index contributed by atoms with van der Waals surface area (Å²) >= 11 is 13.4. The van der Waals surface area contributed by atoms with Crippen LogP contribution in [0, 0.1) is 6.92 Å². The summed E-state index contributed by atoms with van der Waals surface area (Å²) in [6.07, 6.45) is 1.71. The predicted molar refractivity (Wildman–Crippen MR) is 103 cm³/mol. The first-order valence-electron chi connectivity index (χ1n) is 8.10. The van der Waals surface area contributed by atoms with E-state index in [0.29, 0.717) is 42.8 Å². The van der Waals surface area contributed by atoms with Crippen LogP contribution in [-0.2, 0) is 24.3 Å². The van der Waals surface area contributed by atoms with Crippen LogP contribution in [0.2, 0.25) is 10.0 Å². The summed E-state index contributed by atoms with van der Waals surface area (Å²) in [6, 6.07) is 5.10. The zero-order chi connectivity index (χ0) is 18.4. The van der Waals surface area contributed by atoms with Crippen molar-refractivity contribution in [2.24, 2.45) is 0 Å². The Balaban J connectivity index is 1.67. The molecule has 4 rings (SSSR count). The number of nitrogens with zero attached hydrogens (tertiary/aromatic N) is 2. The summed E-state index contributed by atoms with van der Waals surface area (Å²) in [4.78, 5) is 30.8. The van der Waals surface area contributed by atoms with Crippen molar-refractivity contribution in [3.05, 3.63) is 60.4 Å². The first kappa shape index (κ1) is 17.5. The predicted octanol–water partition coefficient (Wildman–Crippen LogP) is 4.38. The van der Waals surface area contributed by atoms with E-state index in [1.807, 2.05) is 0 Å². The third kappa shape index (κ3) is 2.82. The van der Waals surface area contributed by atoms with Crippen LogP contribution < -0.4 is 5.56 Å². The summed E-state index contributed by atoms with van der Waals surface area (Å²) in [5, 5.41) is 1.38. The lowest BCUT2D eigenvalue weighted by molar-refractivity contribution is 0.0478. The summed E-state index contributed by atoms with van der Waals surface area (Å²) in [7, 11) is 0. The van der Waals surface area contributed by atoms with Crippen molar-refractivity contribution < 1.29 is 9.53 Å². The van der Waals surface area contributed by atoms with Crippen molar-refractivity contribution in [1.29, 1.82) is 0 Å². The average Bonchev–Trinajstić information content (AvgIpc) is 3.19. The summed E-state index contributed by atoms with van der Waals surface area (Å²) in [5.74, 6) is 0.276. The number of esters is 1. The highest BCUT2D eigenvalue weighted by Gasteiger charge is 2.24. The summed E-state index contributed by atoms with van der Waals surface area (Å²) in [5.41, 5.74) is 1.09. The number of halogens is 2. The maximum atomic E-state index is 12.7. The van der Waals surface area contributed by atoms with Crippen molar-refractivity contribution >= 4 is 50.7 Å². The van der Waals surface area contributed by atoms with Gasteiger partial charge in [0.2, 0.25) is 0 Å². The van der Waals surface area contributed by atoms with Gasteiger partial charge < -0.3 is 4.74 Å². The fraction of sp³-hybridized carbons (Fsp3) is 0.278. The Morgan fingerprint density at radius 1 is 1.35 bits per heavy atom. The maximum absolute atomic E-state index is 12.7. The van der Waals surface area contributed by atoms with Crippen LogP contribution in [0.3, 0.4) is 0 Å². The third-order valence-corrected chi connectivity index (χ3v) is 6.38. The van der Waals surface area contributed by atoms with Crippen molar-refractivity contribution in [2.45, 2.75) is 32.9 Å². The van der Waals surface area contributed by atoms with E-state index >= 15 is 0 Å². The molecule has 3 heterocycles. The van der Waals surface area contributed by atoms with Gasteiger partial charge in [-0.1, -0.05) is 29.3 Å². The van der Waals surface area contributed by atoms with Crippen LogP contribution in [0.5, 0.6) is 0 Å². The Kier molecular flexibility index (Phi) is 4.50. The SMILES string of the molecule is Cc1c(C(=O)OCc2c(Cl)cccc2Cl)sc2nc3n(c(=O)c12)CCC3. The molecule has 5 nitrogen and oxygen atoms in total. The molecule has 1 aromatic carbocycles. The normalized spacial score (nSPS) is 13.2. The van der Waals surface area contributed by atoms with Gasteiger partial charge in [-0.3, -0.25) is 9.36 Å². The number of benzene rings is 1. The minimum atomic E-state index is -0.508. The summed E-state index contributed by atoms with van der Waals surface area (Å²) < 4.78 is 7.09. The van der Waals surface area contributed by atoms with Gasteiger partial charge >= 0.3 is 5.97 Å². The lowest BCUT2D eigenvalue weighted by Crippen LogP contribution is -2.20. The van der Waals surface area contributed by atoms with Crippen LogP contribution in [-0.4, -0.2) is 15.5 Å². The number of carbonyl (C=O) groups is 1. The first-order valence-corrected chi connectivity index (χ1v) is 9.67. The van der Waals surface area contributed by atoms with Crippen molar-refractivity contribution in [1.82, 2.24) is 9.55 Å². The van der Waals surface area contributed by atoms with Crippen molar-refractivity contribution in [2.75, 3.05) is 0 Å². The van der Waals surface area contributed by atoms with Gasteiger partial charge in [0.1, 0.15) is 22.1 Å². The molecule has 1 aliphatic rings. The fourth-order valence-electron chi connectivity index (χ4n) is 3.14. The molecular formula is C18H14Cl2N2O3S. The molecule has 1 aliphatic heterocycles. The molecule has 0 unspecified atom stereocenters. The second-order valence-corrected chi connectivity index (χ2v) is 7.91. The minimum absolute atomic E-state index is 0.0338. The molecule has 8 heteroatoms. The Morgan fingerprint density at radius 2 is 2.08 bits per heavy atom. The quantitative estimate of drug-likeness (QED) is 0.603. The molecule has 134 valence electrons. The number of fused-ring (bicyclic) bond motifs is 2. The van der Waals surface area contributed by atoms with Crippen molar-refractivity contribution in [3.63, 3.8) is 0 Å². The number of carbonyl (C=O) groups excluding carboxylic acids is 1. The van der Waals surface area contributed by atoms with E-state index in [4.69, 9.17) is 27.9 Å². The second kappa shape index (κ2) is 6.68. The zero-order valence-electron chi connectivity index (χ0n) is 13.8.